The number of nitrogens with zero attached hydrogens (tertiary/aromatic N) is 1. The lowest BCUT2D eigenvalue weighted by atomic mass is 10.2. The molecule has 1 nitrogen and oxygen atoms in total. The molecule has 0 aromatic rings. The van der Waals surface area contributed by atoms with Gasteiger partial charge in [0, 0.05) is 11.9 Å². The highest BCUT2D eigenvalue weighted by atomic mass is 35.5. The van der Waals surface area contributed by atoms with E-state index >= 15 is 0 Å². The van der Waals surface area contributed by atoms with Crippen LogP contribution in [0.25, 0.3) is 0 Å². The van der Waals surface area contributed by atoms with Crippen LogP contribution in [-0.2, 0) is 0 Å². The van der Waals surface area contributed by atoms with Crippen molar-refractivity contribution in [2.24, 2.45) is 0 Å². The standard InChI is InChI=1S/C10H20ClN/c1-12(9-5-4-8-11)10-6-2-3-7-10/h10H,2-9H2,1H3. The lowest BCUT2D eigenvalue weighted by Crippen LogP contribution is -2.29. The maximum absolute atomic E-state index is 5.63. The minimum atomic E-state index is 0.818. The highest BCUT2D eigenvalue weighted by Gasteiger charge is 2.18. The SMILES string of the molecule is CN(CCCCCl)C1CCCC1. The molecule has 2 heteroatoms. The van der Waals surface area contributed by atoms with Crippen molar-refractivity contribution in [3.05, 3.63) is 0 Å². The van der Waals surface area contributed by atoms with Gasteiger partial charge < -0.3 is 4.90 Å². The van der Waals surface area contributed by atoms with Crippen LogP contribution in [0.3, 0.4) is 0 Å². The number of halogens is 1. The first-order valence-corrected chi connectivity index (χ1v) is 5.64. The lowest BCUT2D eigenvalue weighted by molar-refractivity contribution is 0.242. The first-order valence-electron chi connectivity index (χ1n) is 5.11. The highest BCUT2D eigenvalue weighted by molar-refractivity contribution is 6.17. The molecular formula is C10H20ClN. The molecule has 0 spiro atoms. The van der Waals surface area contributed by atoms with Gasteiger partial charge in [0.05, 0.1) is 0 Å². The summed E-state index contributed by atoms with van der Waals surface area (Å²) in [7, 11) is 2.25. The Morgan fingerprint density at radius 2 is 1.92 bits per heavy atom. The predicted molar refractivity (Wildman–Crippen MR) is 54.8 cm³/mol. The molecule has 0 N–H and O–H groups in total. The van der Waals surface area contributed by atoms with Crippen molar-refractivity contribution in [3.63, 3.8) is 0 Å². The van der Waals surface area contributed by atoms with Crippen LogP contribution >= 0.6 is 11.6 Å². The molecule has 72 valence electrons. The molecule has 1 rings (SSSR count). The third-order valence-corrected chi connectivity index (χ3v) is 3.11. The van der Waals surface area contributed by atoms with Gasteiger partial charge in [-0.1, -0.05) is 12.8 Å². The van der Waals surface area contributed by atoms with Gasteiger partial charge in [-0.2, -0.15) is 0 Å². The summed E-state index contributed by atoms with van der Waals surface area (Å²) in [5.74, 6) is 0.818. The Kier molecular flexibility index (Phi) is 5.01. The number of alkyl halides is 1. The van der Waals surface area contributed by atoms with Crippen LogP contribution in [0.2, 0.25) is 0 Å². The number of unbranched alkanes of at least 4 members (excludes halogenated alkanes) is 1. The molecule has 0 aromatic carbocycles. The summed E-state index contributed by atoms with van der Waals surface area (Å²) in [4.78, 5) is 2.51. The van der Waals surface area contributed by atoms with Crippen LogP contribution in [0, 0.1) is 0 Å². The minimum Gasteiger partial charge on any atom is -0.303 e. The van der Waals surface area contributed by atoms with Crippen LogP contribution in [0.15, 0.2) is 0 Å². The van der Waals surface area contributed by atoms with E-state index in [1.54, 1.807) is 0 Å². The monoisotopic (exact) mass is 189 g/mol. The topological polar surface area (TPSA) is 3.24 Å². The molecule has 0 atom stereocenters. The molecule has 0 radical (unpaired) electrons. The van der Waals surface area contributed by atoms with Crippen molar-refractivity contribution in [1.82, 2.24) is 4.90 Å². The molecule has 0 heterocycles. The Morgan fingerprint density at radius 1 is 1.25 bits per heavy atom. The third kappa shape index (κ3) is 3.32. The van der Waals surface area contributed by atoms with E-state index < -0.39 is 0 Å². The Hall–Kier alpha value is 0.250. The number of hydrogen-bond donors (Lipinski definition) is 0. The molecule has 0 unspecified atom stereocenters. The summed E-state index contributed by atoms with van der Waals surface area (Å²) in [6.45, 7) is 1.23. The molecular weight excluding hydrogens is 170 g/mol. The van der Waals surface area contributed by atoms with Gasteiger partial charge in [0.1, 0.15) is 0 Å². The Balaban J connectivity index is 2.05. The number of rotatable bonds is 5. The molecule has 1 fully saturated rings. The predicted octanol–water partition coefficient (Wildman–Crippen LogP) is 2.88. The molecule has 0 aromatic heterocycles. The van der Waals surface area contributed by atoms with E-state index in [1.165, 1.54) is 45.1 Å². The second-order valence-corrected chi connectivity index (χ2v) is 4.19. The van der Waals surface area contributed by atoms with E-state index in [9.17, 15) is 0 Å². The number of hydrogen-bond acceptors (Lipinski definition) is 1. The molecule has 0 amide bonds. The van der Waals surface area contributed by atoms with Gasteiger partial charge in [0.25, 0.3) is 0 Å². The van der Waals surface area contributed by atoms with Gasteiger partial charge in [0.15, 0.2) is 0 Å². The third-order valence-electron chi connectivity index (χ3n) is 2.84. The fraction of sp³-hybridized carbons (Fsp3) is 1.00. The normalized spacial score (nSPS) is 19.2. The summed E-state index contributed by atoms with van der Waals surface area (Å²) in [5, 5.41) is 0. The van der Waals surface area contributed by atoms with Gasteiger partial charge >= 0.3 is 0 Å². The van der Waals surface area contributed by atoms with Gasteiger partial charge in [-0.15, -0.1) is 11.6 Å². The maximum Gasteiger partial charge on any atom is 0.0223 e. The summed E-state index contributed by atoms with van der Waals surface area (Å²) in [5.41, 5.74) is 0. The van der Waals surface area contributed by atoms with E-state index in [1.807, 2.05) is 0 Å². The van der Waals surface area contributed by atoms with E-state index in [2.05, 4.69) is 11.9 Å². The van der Waals surface area contributed by atoms with Crippen molar-refractivity contribution >= 4 is 11.6 Å². The van der Waals surface area contributed by atoms with E-state index in [0.717, 1.165) is 11.9 Å². The van der Waals surface area contributed by atoms with Gasteiger partial charge in [-0.3, -0.25) is 0 Å². The molecule has 1 saturated carbocycles. The zero-order valence-corrected chi connectivity index (χ0v) is 8.82. The Labute approximate surface area is 81.1 Å². The van der Waals surface area contributed by atoms with Crippen LogP contribution in [0.4, 0.5) is 0 Å². The van der Waals surface area contributed by atoms with Crippen LogP contribution in [0.5, 0.6) is 0 Å². The summed E-state index contributed by atoms with van der Waals surface area (Å²) >= 11 is 5.63. The van der Waals surface area contributed by atoms with Gasteiger partial charge in [-0.25, -0.2) is 0 Å². The van der Waals surface area contributed by atoms with Crippen LogP contribution in [-0.4, -0.2) is 30.4 Å². The van der Waals surface area contributed by atoms with Crippen molar-refractivity contribution in [1.29, 1.82) is 0 Å². The van der Waals surface area contributed by atoms with E-state index in [4.69, 9.17) is 11.6 Å². The maximum atomic E-state index is 5.63. The second kappa shape index (κ2) is 5.82. The molecule has 0 saturated heterocycles. The highest BCUT2D eigenvalue weighted by Crippen LogP contribution is 2.22. The lowest BCUT2D eigenvalue weighted by Gasteiger charge is -2.23. The van der Waals surface area contributed by atoms with Gasteiger partial charge in [-0.05, 0) is 39.3 Å². The molecule has 12 heavy (non-hydrogen) atoms. The summed E-state index contributed by atoms with van der Waals surface area (Å²) < 4.78 is 0. The summed E-state index contributed by atoms with van der Waals surface area (Å²) in [6.07, 6.45) is 8.12. The zero-order valence-electron chi connectivity index (χ0n) is 8.06. The zero-order chi connectivity index (χ0) is 8.81. The second-order valence-electron chi connectivity index (χ2n) is 3.81. The molecule has 1 aliphatic rings. The summed E-state index contributed by atoms with van der Waals surface area (Å²) in [6, 6.07) is 0.875. The average Bonchev–Trinajstić information content (AvgIpc) is 2.56. The molecule has 0 aliphatic heterocycles. The van der Waals surface area contributed by atoms with Gasteiger partial charge in [0.2, 0.25) is 0 Å². The fourth-order valence-electron chi connectivity index (χ4n) is 1.98. The first kappa shape index (κ1) is 10.3. The van der Waals surface area contributed by atoms with Crippen molar-refractivity contribution in [2.75, 3.05) is 19.5 Å². The molecule has 0 bridgehead atoms. The molecule has 1 aliphatic carbocycles. The van der Waals surface area contributed by atoms with Crippen molar-refractivity contribution < 1.29 is 0 Å². The minimum absolute atomic E-state index is 0.818. The quantitative estimate of drug-likeness (QED) is 0.475. The smallest absolute Gasteiger partial charge is 0.0223 e. The van der Waals surface area contributed by atoms with Crippen LogP contribution in [0.1, 0.15) is 38.5 Å². The average molecular weight is 190 g/mol. The Bertz CT molecular complexity index is 110. The van der Waals surface area contributed by atoms with Crippen molar-refractivity contribution in [3.8, 4) is 0 Å². The Morgan fingerprint density at radius 3 is 2.50 bits per heavy atom. The fourth-order valence-corrected chi connectivity index (χ4v) is 2.17. The largest absolute Gasteiger partial charge is 0.303 e. The van der Waals surface area contributed by atoms with E-state index in [0.29, 0.717) is 0 Å². The van der Waals surface area contributed by atoms with Crippen LogP contribution < -0.4 is 0 Å². The first-order chi connectivity index (χ1) is 5.84. The van der Waals surface area contributed by atoms with E-state index in [-0.39, 0.29) is 0 Å². The van der Waals surface area contributed by atoms with Crippen molar-refractivity contribution in [2.45, 2.75) is 44.6 Å².